The molecule has 21 heavy (non-hydrogen) atoms. The summed E-state index contributed by atoms with van der Waals surface area (Å²) in [6, 6.07) is 1.84. The zero-order valence-corrected chi connectivity index (χ0v) is 13.9. The summed E-state index contributed by atoms with van der Waals surface area (Å²) in [5.74, 6) is 2.03. The lowest BCUT2D eigenvalue weighted by Gasteiger charge is -2.38. The van der Waals surface area contributed by atoms with Crippen LogP contribution in [-0.4, -0.2) is 39.4 Å². The number of nitrogens with one attached hydrogen (secondary N) is 2. The maximum absolute atomic E-state index is 10.2. The maximum Gasteiger partial charge on any atom is 0.158 e. The van der Waals surface area contributed by atoms with Crippen molar-refractivity contribution in [3.8, 4) is 0 Å². The first-order valence-electron chi connectivity index (χ1n) is 7.39. The second-order valence-corrected chi connectivity index (χ2v) is 6.03. The van der Waals surface area contributed by atoms with E-state index < -0.39 is 11.1 Å². The topological polar surface area (TPSA) is 79.3 Å². The molecule has 0 bridgehead atoms. The highest BCUT2D eigenvalue weighted by Gasteiger charge is 2.35. The normalized spacial score (nSPS) is 12.3. The molecule has 0 radical (unpaired) electrons. The average Bonchev–Trinajstić information content (AvgIpc) is 2.34. The molecule has 0 amide bonds. The van der Waals surface area contributed by atoms with Gasteiger partial charge in [0, 0.05) is 19.2 Å². The molecule has 1 heterocycles. The molecule has 0 saturated heterocycles. The molecule has 0 aromatic carbocycles. The fourth-order valence-corrected chi connectivity index (χ4v) is 1.56. The zero-order chi connectivity index (χ0) is 16.1. The molecule has 0 aliphatic heterocycles. The number of ether oxygens (including phenoxy) is 1. The van der Waals surface area contributed by atoms with Crippen molar-refractivity contribution in [2.24, 2.45) is 0 Å². The summed E-state index contributed by atoms with van der Waals surface area (Å²) in [6.07, 6.45) is 0. The Morgan fingerprint density at radius 3 is 2.29 bits per heavy atom. The summed E-state index contributed by atoms with van der Waals surface area (Å²) in [5.41, 5.74) is -1.43. The number of nitrogens with zero attached hydrogens (tertiary/aromatic N) is 2. The van der Waals surface area contributed by atoms with E-state index in [1.54, 1.807) is 13.8 Å². The molecule has 0 unspecified atom stereocenters. The van der Waals surface area contributed by atoms with Crippen LogP contribution in [0.15, 0.2) is 6.07 Å². The van der Waals surface area contributed by atoms with Crippen LogP contribution in [0, 0.1) is 0 Å². The quantitative estimate of drug-likeness (QED) is 0.683. The predicted molar refractivity (Wildman–Crippen MR) is 85.5 cm³/mol. The van der Waals surface area contributed by atoms with Crippen LogP contribution in [0.3, 0.4) is 0 Å². The van der Waals surface area contributed by atoms with Crippen LogP contribution in [0.5, 0.6) is 0 Å². The minimum Gasteiger partial charge on any atom is -0.388 e. The summed E-state index contributed by atoms with van der Waals surface area (Å²) in [7, 11) is 0. The Bertz CT molecular complexity index is 455. The van der Waals surface area contributed by atoms with Crippen LogP contribution >= 0.6 is 0 Å². The second-order valence-electron chi connectivity index (χ2n) is 6.03. The molecule has 120 valence electrons. The number of aliphatic hydroxyl groups is 1. The third-order valence-corrected chi connectivity index (χ3v) is 3.54. The smallest absolute Gasteiger partial charge is 0.158 e. The maximum atomic E-state index is 10.2. The molecular formula is C15H28N4O2. The van der Waals surface area contributed by atoms with E-state index in [1.807, 2.05) is 33.8 Å². The molecule has 6 nitrogen and oxygen atoms in total. The van der Waals surface area contributed by atoms with Crippen molar-refractivity contribution in [3.05, 3.63) is 11.9 Å². The Hall–Kier alpha value is -1.40. The molecular weight excluding hydrogens is 268 g/mol. The van der Waals surface area contributed by atoms with Gasteiger partial charge >= 0.3 is 0 Å². The van der Waals surface area contributed by atoms with Gasteiger partial charge in [-0.15, -0.1) is 0 Å². The number of hydrogen-bond donors (Lipinski definition) is 3. The zero-order valence-electron chi connectivity index (χ0n) is 13.9. The number of hydrogen-bond acceptors (Lipinski definition) is 6. The number of aromatic nitrogens is 2. The van der Waals surface area contributed by atoms with Crippen molar-refractivity contribution in [1.82, 2.24) is 9.97 Å². The lowest BCUT2D eigenvalue weighted by atomic mass is 9.86. The van der Waals surface area contributed by atoms with E-state index in [0.29, 0.717) is 24.9 Å². The molecule has 3 N–H and O–H groups in total. The van der Waals surface area contributed by atoms with Crippen molar-refractivity contribution in [2.45, 2.75) is 59.3 Å². The van der Waals surface area contributed by atoms with Gasteiger partial charge in [-0.05, 0) is 41.5 Å². The summed E-state index contributed by atoms with van der Waals surface area (Å²) in [6.45, 7) is 13.1. The first-order chi connectivity index (χ1) is 9.69. The highest BCUT2D eigenvalue weighted by Crippen LogP contribution is 2.26. The Kier molecular flexibility index (Phi) is 5.92. The van der Waals surface area contributed by atoms with Crippen LogP contribution in [0.1, 0.15) is 47.4 Å². The van der Waals surface area contributed by atoms with Gasteiger partial charge in [0.1, 0.15) is 18.2 Å². The fourth-order valence-electron chi connectivity index (χ4n) is 1.56. The minimum absolute atomic E-state index is 0.368. The van der Waals surface area contributed by atoms with Gasteiger partial charge in [-0.25, -0.2) is 9.97 Å². The molecule has 0 aliphatic rings. The van der Waals surface area contributed by atoms with E-state index in [-0.39, 0.29) is 0 Å². The highest BCUT2D eigenvalue weighted by atomic mass is 16.5. The molecule has 1 aromatic rings. The Morgan fingerprint density at radius 2 is 1.76 bits per heavy atom. The highest BCUT2D eigenvalue weighted by molar-refractivity contribution is 5.49. The van der Waals surface area contributed by atoms with Gasteiger partial charge in [-0.1, -0.05) is 0 Å². The van der Waals surface area contributed by atoms with Crippen LogP contribution in [0.2, 0.25) is 0 Å². The van der Waals surface area contributed by atoms with Crippen LogP contribution < -0.4 is 10.6 Å². The summed E-state index contributed by atoms with van der Waals surface area (Å²) < 4.78 is 5.38. The van der Waals surface area contributed by atoms with E-state index in [2.05, 4.69) is 20.6 Å². The molecule has 0 saturated carbocycles. The van der Waals surface area contributed by atoms with Gasteiger partial charge in [-0.2, -0.15) is 0 Å². The average molecular weight is 296 g/mol. The molecule has 0 atom stereocenters. The first-order valence-corrected chi connectivity index (χ1v) is 7.39. The Morgan fingerprint density at radius 1 is 1.14 bits per heavy atom. The molecule has 0 aliphatic carbocycles. The van der Waals surface area contributed by atoms with E-state index in [0.717, 1.165) is 12.4 Å². The fraction of sp³-hybridized carbons (Fsp3) is 0.733. The van der Waals surface area contributed by atoms with Gasteiger partial charge in [0.2, 0.25) is 0 Å². The molecule has 1 aromatic heterocycles. The van der Waals surface area contributed by atoms with Crippen LogP contribution in [0.4, 0.5) is 11.6 Å². The Balaban J connectivity index is 3.02. The van der Waals surface area contributed by atoms with Crippen LogP contribution in [-0.2, 0) is 11.3 Å². The standard InChI is InChI=1S/C15H28N4O2/c1-7-16-11-9-12(18-13(17-11)10-21-8-2)19-14(3,4)15(5,6)20/h9,20H,7-8,10H2,1-6H3,(H2,16,17,18,19). The van der Waals surface area contributed by atoms with Gasteiger partial charge in [-0.3, -0.25) is 0 Å². The lowest BCUT2D eigenvalue weighted by Crippen LogP contribution is -2.51. The van der Waals surface area contributed by atoms with E-state index in [1.165, 1.54) is 0 Å². The second kappa shape index (κ2) is 7.04. The first kappa shape index (κ1) is 17.7. The van der Waals surface area contributed by atoms with Gasteiger partial charge in [0.05, 0.1) is 11.1 Å². The SMILES string of the molecule is CCNc1cc(NC(C)(C)C(C)(C)O)nc(COCC)n1. The van der Waals surface area contributed by atoms with E-state index >= 15 is 0 Å². The lowest BCUT2D eigenvalue weighted by molar-refractivity contribution is 0.0238. The number of anilines is 2. The molecule has 0 fully saturated rings. The molecule has 0 spiro atoms. The van der Waals surface area contributed by atoms with Gasteiger partial charge in [0.25, 0.3) is 0 Å². The molecule has 6 heteroatoms. The minimum atomic E-state index is -0.892. The van der Waals surface area contributed by atoms with Crippen molar-refractivity contribution in [2.75, 3.05) is 23.8 Å². The van der Waals surface area contributed by atoms with E-state index in [9.17, 15) is 5.11 Å². The van der Waals surface area contributed by atoms with Gasteiger partial charge < -0.3 is 20.5 Å². The monoisotopic (exact) mass is 296 g/mol. The summed E-state index contributed by atoms with van der Waals surface area (Å²) in [5, 5.41) is 16.7. The summed E-state index contributed by atoms with van der Waals surface area (Å²) >= 11 is 0. The number of rotatable bonds is 8. The Labute approximate surface area is 127 Å². The van der Waals surface area contributed by atoms with Crippen molar-refractivity contribution < 1.29 is 9.84 Å². The predicted octanol–water partition coefficient (Wildman–Crippen LogP) is 2.41. The van der Waals surface area contributed by atoms with Crippen LogP contribution in [0.25, 0.3) is 0 Å². The third-order valence-electron chi connectivity index (χ3n) is 3.54. The van der Waals surface area contributed by atoms with Crippen molar-refractivity contribution in [1.29, 1.82) is 0 Å². The molecule has 1 rings (SSSR count). The summed E-state index contributed by atoms with van der Waals surface area (Å²) in [4.78, 5) is 8.86. The van der Waals surface area contributed by atoms with Crippen molar-refractivity contribution >= 4 is 11.6 Å². The van der Waals surface area contributed by atoms with E-state index in [4.69, 9.17) is 4.74 Å². The van der Waals surface area contributed by atoms with Gasteiger partial charge in [0.15, 0.2) is 5.82 Å². The van der Waals surface area contributed by atoms with Crippen molar-refractivity contribution in [3.63, 3.8) is 0 Å². The third kappa shape index (κ3) is 5.13. The largest absolute Gasteiger partial charge is 0.388 e.